The maximum absolute atomic E-state index is 6.15. The molecule has 8 heteroatoms. The second-order valence-corrected chi connectivity index (χ2v) is 9.47. The van der Waals surface area contributed by atoms with Gasteiger partial charge in [0.25, 0.3) is 0 Å². The summed E-state index contributed by atoms with van der Waals surface area (Å²) in [6, 6.07) is 11.2. The van der Waals surface area contributed by atoms with Crippen molar-refractivity contribution in [1.82, 2.24) is 24.9 Å². The fourth-order valence-corrected chi connectivity index (χ4v) is 5.08. The number of rotatable bonds is 6. The maximum Gasteiger partial charge on any atom is 0.193 e. The van der Waals surface area contributed by atoms with Crippen LogP contribution in [0.15, 0.2) is 35.3 Å². The summed E-state index contributed by atoms with van der Waals surface area (Å²) in [6.07, 6.45) is 0.263. The topological polar surface area (TPSA) is 46.6 Å². The number of halogens is 1. The van der Waals surface area contributed by atoms with Crippen molar-refractivity contribution >= 4 is 29.9 Å². The number of hydrogen-bond donors (Lipinski definition) is 1. The van der Waals surface area contributed by atoms with Gasteiger partial charge in [-0.15, -0.1) is 24.0 Å². The Hall–Kier alpha value is -0.940. The first-order chi connectivity index (χ1) is 15.1. The molecule has 4 rings (SSSR count). The zero-order valence-corrected chi connectivity index (χ0v) is 22.3. The van der Waals surface area contributed by atoms with Gasteiger partial charge in [-0.25, -0.2) is 0 Å². The highest BCUT2D eigenvalue weighted by Gasteiger charge is 2.41. The van der Waals surface area contributed by atoms with E-state index in [0.717, 1.165) is 51.8 Å². The van der Waals surface area contributed by atoms with Crippen LogP contribution >= 0.6 is 24.0 Å². The molecule has 32 heavy (non-hydrogen) atoms. The van der Waals surface area contributed by atoms with Gasteiger partial charge in [0.2, 0.25) is 0 Å². The number of ether oxygens (including phenoxy) is 1. The van der Waals surface area contributed by atoms with Crippen LogP contribution in [0.5, 0.6) is 0 Å². The molecule has 180 valence electrons. The lowest BCUT2D eigenvalue weighted by atomic mass is 10.1. The molecule has 3 aliphatic heterocycles. The van der Waals surface area contributed by atoms with E-state index >= 15 is 0 Å². The van der Waals surface area contributed by atoms with Crippen LogP contribution in [0.1, 0.15) is 12.5 Å². The predicted molar refractivity (Wildman–Crippen MR) is 142 cm³/mol. The Morgan fingerprint density at radius 3 is 2.59 bits per heavy atom. The largest absolute Gasteiger partial charge is 0.373 e. The molecule has 1 aromatic rings. The molecule has 7 nitrogen and oxygen atoms in total. The Labute approximate surface area is 211 Å². The van der Waals surface area contributed by atoms with E-state index in [4.69, 9.17) is 4.74 Å². The van der Waals surface area contributed by atoms with Gasteiger partial charge >= 0.3 is 0 Å². The first kappa shape index (κ1) is 25.7. The number of guanidine groups is 1. The Morgan fingerprint density at radius 2 is 1.88 bits per heavy atom. The molecule has 0 aromatic heterocycles. The second kappa shape index (κ2) is 12.5. The van der Waals surface area contributed by atoms with Gasteiger partial charge in [0, 0.05) is 72.5 Å². The third-order valence-electron chi connectivity index (χ3n) is 6.93. The van der Waals surface area contributed by atoms with Crippen LogP contribution in [0, 0.1) is 5.92 Å². The van der Waals surface area contributed by atoms with Gasteiger partial charge < -0.3 is 24.8 Å². The highest BCUT2D eigenvalue weighted by molar-refractivity contribution is 14.0. The molecule has 0 radical (unpaired) electrons. The summed E-state index contributed by atoms with van der Waals surface area (Å²) in [5.74, 6) is 1.61. The molecule has 3 aliphatic rings. The monoisotopic (exact) mass is 556 g/mol. The SMILES string of the molecule is CN=C(NCC(C)CN1CCN(C)CC1)N1CC2OCCN(Cc3ccccc3)C2C1.I. The Kier molecular flexibility index (Phi) is 10.0. The summed E-state index contributed by atoms with van der Waals surface area (Å²) in [7, 11) is 4.11. The van der Waals surface area contributed by atoms with E-state index < -0.39 is 0 Å². The lowest BCUT2D eigenvalue weighted by Gasteiger charge is -2.36. The van der Waals surface area contributed by atoms with Crippen molar-refractivity contribution in [2.75, 3.05) is 79.6 Å². The number of fused-ring (bicyclic) bond motifs is 1. The zero-order valence-electron chi connectivity index (χ0n) is 19.9. The summed E-state index contributed by atoms with van der Waals surface area (Å²) < 4.78 is 6.15. The van der Waals surface area contributed by atoms with E-state index in [1.165, 1.54) is 31.7 Å². The molecule has 3 atom stereocenters. The van der Waals surface area contributed by atoms with E-state index in [2.05, 4.69) is 74.2 Å². The molecular weight excluding hydrogens is 515 g/mol. The van der Waals surface area contributed by atoms with Crippen LogP contribution in [-0.2, 0) is 11.3 Å². The van der Waals surface area contributed by atoms with Crippen molar-refractivity contribution in [2.24, 2.45) is 10.9 Å². The van der Waals surface area contributed by atoms with Crippen LogP contribution in [0.2, 0.25) is 0 Å². The van der Waals surface area contributed by atoms with Crippen molar-refractivity contribution in [3.8, 4) is 0 Å². The van der Waals surface area contributed by atoms with Crippen LogP contribution in [-0.4, -0.2) is 117 Å². The Morgan fingerprint density at radius 1 is 1.12 bits per heavy atom. The quantitative estimate of drug-likeness (QED) is 0.327. The molecular formula is C24H41IN6O. The molecule has 3 saturated heterocycles. The molecule has 0 bridgehead atoms. The summed E-state index contributed by atoms with van der Waals surface area (Å²) in [4.78, 5) is 14.6. The third-order valence-corrected chi connectivity index (χ3v) is 6.93. The minimum absolute atomic E-state index is 0. The molecule has 0 aliphatic carbocycles. The maximum atomic E-state index is 6.15. The highest BCUT2D eigenvalue weighted by atomic mass is 127. The number of nitrogens with one attached hydrogen (secondary N) is 1. The van der Waals surface area contributed by atoms with Gasteiger partial charge in [-0.3, -0.25) is 9.89 Å². The highest BCUT2D eigenvalue weighted by Crippen LogP contribution is 2.24. The average Bonchev–Trinajstić information content (AvgIpc) is 3.22. The summed E-state index contributed by atoms with van der Waals surface area (Å²) in [5, 5.41) is 3.65. The van der Waals surface area contributed by atoms with Gasteiger partial charge in [-0.2, -0.15) is 0 Å². The third kappa shape index (κ3) is 6.79. The molecule has 1 N–H and O–H groups in total. The van der Waals surface area contributed by atoms with E-state index in [-0.39, 0.29) is 30.1 Å². The fourth-order valence-electron chi connectivity index (χ4n) is 5.08. The Balaban J connectivity index is 0.00000289. The van der Waals surface area contributed by atoms with Crippen LogP contribution in [0.3, 0.4) is 0 Å². The number of benzene rings is 1. The molecule has 1 aromatic carbocycles. The van der Waals surface area contributed by atoms with Gasteiger partial charge in [0.15, 0.2) is 5.96 Å². The second-order valence-electron chi connectivity index (χ2n) is 9.47. The minimum Gasteiger partial charge on any atom is -0.373 e. The van der Waals surface area contributed by atoms with Crippen molar-refractivity contribution in [3.05, 3.63) is 35.9 Å². The normalized spacial score (nSPS) is 26.5. The number of likely N-dealkylation sites (tertiary alicyclic amines) is 1. The standard InChI is InChI=1S/C24H40N6O.HI/c1-20(16-28-11-9-27(3)10-12-28)15-26-24(25-2)30-18-22-23(19-30)31-14-13-29(22)17-21-7-5-4-6-8-21;/h4-8,20,22-23H,9-19H2,1-3H3,(H,25,26);1H. The molecule has 3 unspecified atom stereocenters. The fraction of sp³-hybridized carbons (Fsp3) is 0.708. The zero-order chi connectivity index (χ0) is 21.6. The van der Waals surface area contributed by atoms with Gasteiger partial charge in [0.1, 0.15) is 0 Å². The van der Waals surface area contributed by atoms with Crippen LogP contribution in [0.4, 0.5) is 0 Å². The van der Waals surface area contributed by atoms with Crippen LogP contribution < -0.4 is 5.32 Å². The van der Waals surface area contributed by atoms with E-state index in [9.17, 15) is 0 Å². The van der Waals surface area contributed by atoms with Crippen molar-refractivity contribution in [3.63, 3.8) is 0 Å². The lowest BCUT2D eigenvalue weighted by molar-refractivity contribution is -0.0502. The first-order valence-corrected chi connectivity index (χ1v) is 11.9. The average molecular weight is 557 g/mol. The smallest absolute Gasteiger partial charge is 0.193 e. The molecule has 0 saturated carbocycles. The summed E-state index contributed by atoms with van der Waals surface area (Å²) in [6.45, 7) is 13.9. The number of nitrogens with zero attached hydrogens (tertiary/aromatic N) is 5. The first-order valence-electron chi connectivity index (χ1n) is 11.9. The molecule has 0 amide bonds. The van der Waals surface area contributed by atoms with Crippen molar-refractivity contribution in [1.29, 1.82) is 0 Å². The molecule has 3 fully saturated rings. The molecule has 0 spiro atoms. The van der Waals surface area contributed by atoms with Crippen molar-refractivity contribution < 1.29 is 4.74 Å². The predicted octanol–water partition coefficient (Wildman–Crippen LogP) is 1.65. The number of morpholine rings is 1. The van der Waals surface area contributed by atoms with E-state index in [1.807, 2.05) is 7.05 Å². The summed E-state index contributed by atoms with van der Waals surface area (Å²) >= 11 is 0. The molecule has 3 heterocycles. The van der Waals surface area contributed by atoms with Crippen LogP contribution in [0.25, 0.3) is 0 Å². The number of hydrogen-bond acceptors (Lipinski definition) is 5. The minimum atomic E-state index is 0. The number of aliphatic imine (C=N–C) groups is 1. The Bertz CT molecular complexity index is 712. The summed E-state index contributed by atoms with van der Waals surface area (Å²) in [5.41, 5.74) is 1.38. The van der Waals surface area contributed by atoms with Gasteiger partial charge in [-0.05, 0) is 18.5 Å². The van der Waals surface area contributed by atoms with Crippen molar-refractivity contribution in [2.45, 2.75) is 25.6 Å². The van der Waals surface area contributed by atoms with E-state index in [0.29, 0.717) is 12.0 Å². The van der Waals surface area contributed by atoms with E-state index in [1.54, 1.807) is 0 Å². The van der Waals surface area contributed by atoms with Gasteiger partial charge in [0.05, 0.1) is 18.8 Å². The lowest BCUT2D eigenvalue weighted by Crippen LogP contribution is -2.50. The number of piperazine rings is 1. The number of likely N-dealkylation sites (N-methyl/N-ethyl adjacent to an activating group) is 1. The van der Waals surface area contributed by atoms with Gasteiger partial charge in [-0.1, -0.05) is 37.3 Å².